The van der Waals surface area contributed by atoms with E-state index < -0.39 is 17.7 Å². The van der Waals surface area contributed by atoms with Crippen molar-refractivity contribution >= 4 is 17.4 Å². The van der Waals surface area contributed by atoms with Gasteiger partial charge in [0.2, 0.25) is 0 Å². The fourth-order valence-electron chi connectivity index (χ4n) is 4.46. The predicted octanol–water partition coefficient (Wildman–Crippen LogP) is 5.12. The maximum absolute atomic E-state index is 13.4. The molecule has 0 bridgehead atoms. The van der Waals surface area contributed by atoms with E-state index in [9.17, 15) is 14.7 Å². The third kappa shape index (κ3) is 5.29. The number of methoxy groups -OCH3 is 3. The van der Waals surface area contributed by atoms with Crippen molar-refractivity contribution in [2.75, 3.05) is 21.3 Å². The Morgan fingerprint density at radius 1 is 0.842 bits per heavy atom. The minimum absolute atomic E-state index is 0.0300. The highest BCUT2D eigenvalue weighted by Gasteiger charge is 2.46. The number of carbonyl (C=O) groups excluding carboxylic acids is 2. The predicted molar refractivity (Wildman–Crippen MR) is 143 cm³/mol. The maximum atomic E-state index is 13.4. The second-order valence-corrected chi connectivity index (χ2v) is 9.08. The van der Waals surface area contributed by atoms with E-state index in [-0.39, 0.29) is 29.5 Å². The molecule has 1 aliphatic rings. The van der Waals surface area contributed by atoms with Gasteiger partial charge in [0, 0.05) is 6.54 Å². The van der Waals surface area contributed by atoms with Gasteiger partial charge in [-0.1, -0.05) is 24.3 Å². The number of ether oxygens (including phenoxy) is 4. The molecule has 1 aliphatic heterocycles. The van der Waals surface area contributed by atoms with Crippen molar-refractivity contribution in [1.29, 1.82) is 0 Å². The monoisotopic (exact) mass is 517 g/mol. The molecular formula is C30H31NO7. The smallest absolute Gasteiger partial charge is 0.295 e. The summed E-state index contributed by atoms with van der Waals surface area (Å²) >= 11 is 0. The number of aliphatic hydroxyl groups is 1. The van der Waals surface area contributed by atoms with Crippen molar-refractivity contribution in [3.8, 4) is 23.0 Å². The highest BCUT2D eigenvalue weighted by atomic mass is 16.5. The molecule has 0 spiro atoms. The number of ketones is 1. The third-order valence-corrected chi connectivity index (χ3v) is 6.28. The number of hydrogen-bond donors (Lipinski definition) is 1. The lowest BCUT2D eigenvalue weighted by Crippen LogP contribution is -2.29. The highest BCUT2D eigenvalue weighted by Crippen LogP contribution is 2.42. The van der Waals surface area contributed by atoms with Crippen LogP contribution in [0.4, 0.5) is 0 Å². The first-order valence-electron chi connectivity index (χ1n) is 12.2. The SMILES string of the molecule is COc1ccc(C2/C(=C(\O)c3cc(OC)ccc3OC)C(=O)C(=O)N2Cc2ccc(OC(C)C)cc2)cc1. The lowest BCUT2D eigenvalue weighted by molar-refractivity contribution is -0.140. The Morgan fingerprint density at radius 3 is 2.03 bits per heavy atom. The fourth-order valence-corrected chi connectivity index (χ4v) is 4.46. The van der Waals surface area contributed by atoms with Crippen molar-refractivity contribution < 1.29 is 33.6 Å². The molecule has 0 aromatic heterocycles. The number of benzene rings is 3. The van der Waals surface area contributed by atoms with Crippen LogP contribution < -0.4 is 18.9 Å². The van der Waals surface area contributed by atoms with Gasteiger partial charge < -0.3 is 29.0 Å². The van der Waals surface area contributed by atoms with E-state index in [4.69, 9.17) is 18.9 Å². The lowest BCUT2D eigenvalue weighted by Gasteiger charge is -2.26. The average molecular weight is 518 g/mol. The second kappa shape index (κ2) is 11.3. The molecule has 38 heavy (non-hydrogen) atoms. The van der Waals surface area contributed by atoms with Gasteiger partial charge in [0.1, 0.15) is 28.8 Å². The number of hydrogen-bond acceptors (Lipinski definition) is 7. The van der Waals surface area contributed by atoms with Crippen molar-refractivity contribution in [2.45, 2.75) is 32.5 Å². The van der Waals surface area contributed by atoms with Gasteiger partial charge in [-0.25, -0.2) is 0 Å². The molecule has 1 fully saturated rings. The van der Waals surface area contributed by atoms with E-state index in [0.717, 1.165) is 5.56 Å². The quantitative estimate of drug-likeness (QED) is 0.239. The summed E-state index contributed by atoms with van der Waals surface area (Å²) in [6.45, 7) is 4.04. The van der Waals surface area contributed by atoms with Crippen LogP contribution in [-0.4, -0.2) is 49.1 Å². The van der Waals surface area contributed by atoms with E-state index >= 15 is 0 Å². The number of nitrogens with zero attached hydrogens (tertiary/aromatic N) is 1. The lowest BCUT2D eigenvalue weighted by atomic mass is 9.94. The minimum Gasteiger partial charge on any atom is -0.507 e. The molecule has 1 N–H and O–H groups in total. The van der Waals surface area contributed by atoms with E-state index in [1.54, 1.807) is 49.6 Å². The van der Waals surface area contributed by atoms with Crippen molar-refractivity contribution in [2.24, 2.45) is 0 Å². The largest absolute Gasteiger partial charge is 0.507 e. The molecule has 4 rings (SSSR count). The topological polar surface area (TPSA) is 94.5 Å². The molecule has 198 valence electrons. The fraction of sp³-hybridized carbons (Fsp3) is 0.267. The molecule has 1 atom stereocenters. The zero-order chi connectivity index (χ0) is 27.4. The summed E-state index contributed by atoms with van der Waals surface area (Å²) in [5.74, 6) is 0.298. The van der Waals surface area contributed by atoms with Crippen LogP contribution in [0.5, 0.6) is 23.0 Å². The summed E-state index contributed by atoms with van der Waals surface area (Å²) in [7, 11) is 4.52. The van der Waals surface area contributed by atoms with Gasteiger partial charge >= 0.3 is 0 Å². The van der Waals surface area contributed by atoms with Gasteiger partial charge in [0.05, 0.1) is 44.6 Å². The number of amides is 1. The summed E-state index contributed by atoms with van der Waals surface area (Å²) in [6.07, 6.45) is 0.0300. The van der Waals surface area contributed by atoms with Crippen LogP contribution in [-0.2, 0) is 16.1 Å². The van der Waals surface area contributed by atoms with Crippen molar-refractivity contribution in [3.05, 3.63) is 89.0 Å². The van der Waals surface area contributed by atoms with Crippen LogP contribution in [0.1, 0.15) is 36.6 Å². The Labute approximate surface area is 222 Å². The Bertz CT molecular complexity index is 1340. The Balaban J connectivity index is 1.82. The van der Waals surface area contributed by atoms with Crippen LogP contribution in [0, 0.1) is 0 Å². The molecule has 1 unspecified atom stereocenters. The van der Waals surface area contributed by atoms with Gasteiger partial charge in [-0.05, 0) is 67.4 Å². The van der Waals surface area contributed by atoms with Gasteiger partial charge in [0.15, 0.2) is 0 Å². The third-order valence-electron chi connectivity index (χ3n) is 6.28. The molecule has 1 amide bonds. The first kappa shape index (κ1) is 26.6. The van der Waals surface area contributed by atoms with E-state index in [1.165, 1.54) is 19.1 Å². The molecule has 8 heteroatoms. The summed E-state index contributed by atoms with van der Waals surface area (Å²) in [5.41, 5.74) is 1.67. The Morgan fingerprint density at radius 2 is 1.45 bits per heavy atom. The average Bonchev–Trinajstić information content (AvgIpc) is 3.18. The molecule has 8 nitrogen and oxygen atoms in total. The molecule has 1 saturated heterocycles. The van der Waals surface area contributed by atoms with Gasteiger partial charge in [-0.3, -0.25) is 9.59 Å². The van der Waals surface area contributed by atoms with E-state index in [1.807, 2.05) is 38.1 Å². The van der Waals surface area contributed by atoms with E-state index in [2.05, 4.69) is 0 Å². The van der Waals surface area contributed by atoms with Gasteiger partial charge in [0.25, 0.3) is 11.7 Å². The Kier molecular flexibility index (Phi) is 7.90. The highest BCUT2D eigenvalue weighted by molar-refractivity contribution is 6.46. The van der Waals surface area contributed by atoms with Gasteiger partial charge in [-0.15, -0.1) is 0 Å². The van der Waals surface area contributed by atoms with E-state index in [0.29, 0.717) is 28.6 Å². The Hall–Kier alpha value is -4.46. The van der Waals surface area contributed by atoms with Crippen molar-refractivity contribution in [3.63, 3.8) is 0 Å². The summed E-state index contributed by atoms with van der Waals surface area (Å²) in [6, 6.07) is 18.5. The van der Waals surface area contributed by atoms with Crippen LogP contribution >= 0.6 is 0 Å². The normalized spacial score (nSPS) is 16.6. The maximum Gasteiger partial charge on any atom is 0.295 e. The number of Topliss-reactive ketones (excluding diaryl/α,β-unsaturated/α-hetero) is 1. The first-order chi connectivity index (χ1) is 18.3. The van der Waals surface area contributed by atoms with Crippen LogP contribution in [0.3, 0.4) is 0 Å². The molecule has 0 saturated carbocycles. The molecule has 0 aliphatic carbocycles. The van der Waals surface area contributed by atoms with Crippen LogP contribution in [0.25, 0.3) is 5.76 Å². The summed E-state index contributed by atoms with van der Waals surface area (Å²) in [5, 5.41) is 11.5. The second-order valence-electron chi connectivity index (χ2n) is 9.08. The van der Waals surface area contributed by atoms with Gasteiger partial charge in [-0.2, -0.15) is 0 Å². The number of carbonyl (C=O) groups is 2. The number of rotatable bonds is 9. The molecule has 3 aromatic carbocycles. The summed E-state index contributed by atoms with van der Waals surface area (Å²) < 4.78 is 21.7. The standard InChI is InChI=1S/C30H31NO7/c1-18(2)38-22-10-6-19(7-11-22)17-31-27(20-8-12-21(35-3)13-9-20)26(29(33)30(31)34)28(32)24-16-23(36-4)14-15-25(24)37-5/h6-16,18,27,32H,17H2,1-5H3/b28-26+. The molecule has 0 radical (unpaired) electrons. The zero-order valence-electron chi connectivity index (χ0n) is 22.1. The minimum atomic E-state index is -0.844. The van der Waals surface area contributed by atoms with Crippen molar-refractivity contribution in [1.82, 2.24) is 4.90 Å². The number of likely N-dealkylation sites (tertiary alicyclic amines) is 1. The molecule has 3 aromatic rings. The van der Waals surface area contributed by atoms with Crippen LogP contribution in [0.2, 0.25) is 0 Å². The first-order valence-corrected chi connectivity index (χ1v) is 12.2. The zero-order valence-corrected chi connectivity index (χ0v) is 22.1. The summed E-state index contributed by atoms with van der Waals surface area (Å²) in [4.78, 5) is 28.3. The molecular weight excluding hydrogens is 486 g/mol. The number of aliphatic hydroxyl groups excluding tert-OH is 1. The van der Waals surface area contributed by atoms with Crippen LogP contribution in [0.15, 0.2) is 72.3 Å². The molecule has 1 heterocycles.